The molecule has 0 bridgehead atoms. The molecule has 0 radical (unpaired) electrons. The zero-order valence-corrected chi connectivity index (χ0v) is 13.5. The zero-order valence-electron chi connectivity index (χ0n) is 13.5. The van der Waals surface area contributed by atoms with E-state index in [1.165, 1.54) is 19.3 Å². The number of likely N-dealkylation sites (tertiary alicyclic amines) is 1. The lowest BCUT2D eigenvalue weighted by Gasteiger charge is -2.28. The fraction of sp³-hybridized carbons (Fsp3) is 0.556. The quantitative estimate of drug-likeness (QED) is 0.843. The van der Waals surface area contributed by atoms with Gasteiger partial charge in [0.1, 0.15) is 11.6 Å². The number of hydrogen-bond donors (Lipinski definition) is 0. The third-order valence-corrected chi connectivity index (χ3v) is 4.35. The van der Waals surface area contributed by atoms with Crippen LogP contribution >= 0.6 is 0 Å². The third kappa shape index (κ3) is 3.55. The lowest BCUT2D eigenvalue weighted by atomic mass is 10.1. The molecular weight excluding hydrogens is 274 g/mol. The SMILES string of the molecule is CC(C)c1nccc(CN2CCCCCC2c2ccco2)n1. The number of aromatic nitrogens is 2. The summed E-state index contributed by atoms with van der Waals surface area (Å²) in [5.41, 5.74) is 1.11. The third-order valence-electron chi connectivity index (χ3n) is 4.35. The predicted molar refractivity (Wildman–Crippen MR) is 86.4 cm³/mol. The van der Waals surface area contributed by atoms with E-state index in [9.17, 15) is 0 Å². The molecule has 1 aliphatic heterocycles. The minimum atomic E-state index is 0.366. The van der Waals surface area contributed by atoms with E-state index in [0.29, 0.717) is 12.0 Å². The summed E-state index contributed by atoms with van der Waals surface area (Å²) >= 11 is 0. The summed E-state index contributed by atoms with van der Waals surface area (Å²) in [5, 5.41) is 0. The molecule has 0 N–H and O–H groups in total. The maximum absolute atomic E-state index is 5.68. The van der Waals surface area contributed by atoms with Gasteiger partial charge < -0.3 is 4.42 Å². The van der Waals surface area contributed by atoms with Crippen LogP contribution in [0.25, 0.3) is 0 Å². The monoisotopic (exact) mass is 299 g/mol. The average Bonchev–Trinajstić information content (AvgIpc) is 2.95. The Labute approximate surface area is 132 Å². The standard InChI is InChI=1S/C18H25N3O/c1-14(2)18-19-10-9-15(20-18)13-21-11-5-3-4-7-16(21)17-8-6-12-22-17/h6,8-10,12,14,16H,3-5,7,11,13H2,1-2H3. The highest BCUT2D eigenvalue weighted by atomic mass is 16.3. The molecule has 0 spiro atoms. The molecule has 2 aromatic rings. The van der Waals surface area contributed by atoms with Gasteiger partial charge in [-0.3, -0.25) is 4.90 Å². The molecule has 1 aliphatic rings. The van der Waals surface area contributed by atoms with Gasteiger partial charge in [-0.05, 0) is 37.6 Å². The van der Waals surface area contributed by atoms with Crippen LogP contribution in [0.2, 0.25) is 0 Å². The second-order valence-corrected chi connectivity index (χ2v) is 6.41. The van der Waals surface area contributed by atoms with Crippen LogP contribution < -0.4 is 0 Å². The molecule has 4 nitrogen and oxygen atoms in total. The summed E-state index contributed by atoms with van der Waals surface area (Å²) in [6.45, 7) is 6.24. The van der Waals surface area contributed by atoms with Crippen LogP contribution in [0, 0.1) is 0 Å². The Bertz CT molecular complexity index is 580. The summed E-state index contributed by atoms with van der Waals surface area (Å²) in [4.78, 5) is 11.6. The first kappa shape index (κ1) is 15.2. The Hall–Kier alpha value is -1.68. The van der Waals surface area contributed by atoms with Gasteiger partial charge in [0.05, 0.1) is 18.0 Å². The second-order valence-electron chi connectivity index (χ2n) is 6.41. The molecule has 3 heterocycles. The summed E-state index contributed by atoms with van der Waals surface area (Å²) in [5.74, 6) is 2.38. The first-order chi connectivity index (χ1) is 10.7. The van der Waals surface area contributed by atoms with Crippen molar-refractivity contribution in [2.24, 2.45) is 0 Å². The first-order valence-corrected chi connectivity index (χ1v) is 8.33. The van der Waals surface area contributed by atoms with Crippen molar-refractivity contribution in [3.63, 3.8) is 0 Å². The van der Waals surface area contributed by atoms with Crippen molar-refractivity contribution in [1.82, 2.24) is 14.9 Å². The van der Waals surface area contributed by atoms with E-state index in [0.717, 1.165) is 36.8 Å². The first-order valence-electron chi connectivity index (χ1n) is 8.33. The van der Waals surface area contributed by atoms with Gasteiger partial charge in [0.25, 0.3) is 0 Å². The minimum Gasteiger partial charge on any atom is -0.468 e. The minimum absolute atomic E-state index is 0.366. The van der Waals surface area contributed by atoms with E-state index in [1.54, 1.807) is 6.26 Å². The molecule has 118 valence electrons. The summed E-state index contributed by atoms with van der Waals surface area (Å²) in [6.07, 6.45) is 8.64. The molecule has 1 fully saturated rings. The molecule has 1 saturated heterocycles. The Kier molecular flexibility index (Phi) is 4.88. The van der Waals surface area contributed by atoms with Crippen molar-refractivity contribution in [3.8, 4) is 0 Å². The summed E-state index contributed by atoms with van der Waals surface area (Å²) in [7, 11) is 0. The average molecular weight is 299 g/mol. The zero-order chi connectivity index (χ0) is 15.4. The van der Waals surface area contributed by atoms with Crippen LogP contribution in [-0.2, 0) is 6.54 Å². The number of nitrogens with zero attached hydrogens (tertiary/aromatic N) is 3. The van der Waals surface area contributed by atoms with Crippen molar-refractivity contribution in [2.45, 2.75) is 58.0 Å². The van der Waals surface area contributed by atoms with Gasteiger partial charge in [-0.2, -0.15) is 0 Å². The van der Waals surface area contributed by atoms with Gasteiger partial charge in [-0.15, -0.1) is 0 Å². The maximum Gasteiger partial charge on any atom is 0.131 e. The topological polar surface area (TPSA) is 42.2 Å². The predicted octanol–water partition coefficient (Wildman–Crippen LogP) is 4.31. The summed E-state index contributed by atoms with van der Waals surface area (Å²) < 4.78 is 5.68. The van der Waals surface area contributed by atoms with Crippen LogP contribution in [-0.4, -0.2) is 21.4 Å². The Morgan fingerprint density at radius 3 is 2.95 bits per heavy atom. The van der Waals surface area contributed by atoms with E-state index in [-0.39, 0.29) is 0 Å². The van der Waals surface area contributed by atoms with Gasteiger partial charge >= 0.3 is 0 Å². The molecule has 3 rings (SSSR count). The second kappa shape index (κ2) is 7.05. The number of rotatable bonds is 4. The fourth-order valence-corrected chi connectivity index (χ4v) is 3.15. The van der Waals surface area contributed by atoms with Crippen LogP contribution in [0.5, 0.6) is 0 Å². The molecule has 22 heavy (non-hydrogen) atoms. The van der Waals surface area contributed by atoms with Crippen molar-refractivity contribution < 1.29 is 4.42 Å². The molecule has 1 unspecified atom stereocenters. The van der Waals surface area contributed by atoms with Crippen LogP contribution in [0.3, 0.4) is 0 Å². The Morgan fingerprint density at radius 2 is 2.18 bits per heavy atom. The van der Waals surface area contributed by atoms with E-state index in [1.807, 2.05) is 18.3 Å². The molecule has 0 saturated carbocycles. The van der Waals surface area contributed by atoms with Crippen molar-refractivity contribution in [1.29, 1.82) is 0 Å². The van der Waals surface area contributed by atoms with E-state index in [4.69, 9.17) is 9.40 Å². The Balaban J connectivity index is 1.79. The van der Waals surface area contributed by atoms with Gasteiger partial charge in [0.15, 0.2) is 0 Å². The van der Waals surface area contributed by atoms with Crippen molar-refractivity contribution >= 4 is 0 Å². The van der Waals surface area contributed by atoms with Crippen LogP contribution in [0.1, 0.15) is 68.8 Å². The Morgan fingerprint density at radius 1 is 1.27 bits per heavy atom. The van der Waals surface area contributed by atoms with E-state index < -0.39 is 0 Å². The molecule has 2 aromatic heterocycles. The van der Waals surface area contributed by atoms with Crippen LogP contribution in [0.4, 0.5) is 0 Å². The van der Waals surface area contributed by atoms with Crippen LogP contribution in [0.15, 0.2) is 35.1 Å². The summed E-state index contributed by atoms with van der Waals surface area (Å²) in [6, 6.07) is 6.49. The van der Waals surface area contributed by atoms with E-state index >= 15 is 0 Å². The van der Waals surface area contributed by atoms with E-state index in [2.05, 4.69) is 29.8 Å². The maximum atomic E-state index is 5.68. The van der Waals surface area contributed by atoms with Gasteiger partial charge in [0.2, 0.25) is 0 Å². The highest BCUT2D eigenvalue weighted by molar-refractivity contribution is 5.09. The number of hydrogen-bond acceptors (Lipinski definition) is 4. The molecule has 0 aromatic carbocycles. The molecule has 4 heteroatoms. The largest absolute Gasteiger partial charge is 0.468 e. The smallest absolute Gasteiger partial charge is 0.131 e. The molecular formula is C18H25N3O. The van der Waals surface area contributed by atoms with Crippen molar-refractivity contribution in [2.75, 3.05) is 6.54 Å². The number of furan rings is 1. The fourth-order valence-electron chi connectivity index (χ4n) is 3.15. The lowest BCUT2D eigenvalue weighted by molar-refractivity contribution is 0.167. The normalized spacial score (nSPS) is 20.2. The van der Waals surface area contributed by atoms with Gasteiger partial charge in [-0.1, -0.05) is 26.7 Å². The van der Waals surface area contributed by atoms with Crippen molar-refractivity contribution in [3.05, 3.63) is 47.9 Å². The van der Waals surface area contributed by atoms with Gasteiger partial charge in [0, 0.05) is 18.7 Å². The highest BCUT2D eigenvalue weighted by Crippen LogP contribution is 2.31. The molecule has 0 aliphatic carbocycles. The van der Waals surface area contributed by atoms with Gasteiger partial charge in [-0.25, -0.2) is 9.97 Å². The lowest BCUT2D eigenvalue weighted by Crippen LogP contribution is -2.28. The molecule has 0 amide bonds. The molecule has 1 atom stereocenters. The highest BCUT2D eigenvalue weighted by Gasteiger charge is 2.25.